The van der Waals surface area contributed by atoms with E-state index >= 15 is 0 Å². The number of rotatable bonds is 3. The SMILES string of the molecule is CCCCC1CC(=O)NC1=O.O=C(O)O. The highest BCUT2D eigenvalue weighted by atomic mass is 16.6. The van der Waals surface area contributed by atoms with Crippen molar-refractivity contribution in [2.45, 2.75) is 32.6 Å². The van der Waals surface area contributed by atoms with Gasteiger partial charge in [0.15, 0.2) is 0 Å². The highest BCUT2D eigenvalue weighted by Gasteiger charge is 2.29. The molecule has 1 atom stereocenters. The second-order valence-corrected chi connectivity index (χ2v) is 3.24. The number of nitrogens with one attached hydrogen (secondary N) is 1. The maximum absolute atomic E-state index is 11.0. The summed E-state index contributed by atoms with van der Waals surface area (Å²) in [6.45, 7) is 2.08. The minimum absolute atomic E-state index is 0.0394. The van der Waals surface area contributed by atoms with Gasteiger partial charge in [-0.3, -0.25) is 14.9 Å². The van der Waals surface area contributed by atoms with Gasteiger partial charge < -0.3 is 10.2 Å². The van der Waals surface area contributed by atoms with Gasteiger partial charge in [-0.2, -0.15) is 0 Å². The molecule has 3 N–H and O–H groups in total. The van der Waals surface area contributed by atoms with Crippen LogP contribution in [-0.4, -0.2) is 28.2 Å². The normalized spacial score (nSPS) is 19.1. The summed E-state index contributed by atoms with van der Waals surface area (Å²) in [7, 11) is 0. The van der Waals surface area contributed by atoms with E-state index in [2.05, 4.69) is 12.2 Å². The van der Waals surface area contributed by atoms with Crippen molar-refractivity contribution >= 4 is 18.0 Å². The highest BCUT2D eigenvalue weighted by Crippen LogP contribution is 2.17. The molecule has 0 aliphatic carbocycles. The second kappa shape index (κ2) is 6.80. The Morgan fingerprint density at radius 1 is 1.47 bits per heavy atom. The summed E-state index contributed by atoms with van der Waals surface area (Å²) in [5.41, 5.74) is 0. The fourth-order valence-electron chi connectivity index (χ4n) is 1.29. The Labute approximate surface area is 87.3 Å². The van der Waals surface area contributed by atoms with Crippen LogP contribution in [0.1, 0.15) is 32.6 Å². The Bertz CT molecular complexity index is 247. The Balaban J connectivity index is 0.000000423. The van der Waals surface area contributed by atoms with Gasteiger partial charge >= 0.3 is 6.16 Å². The minimum atomic E-state index is -1.83. The first kappa shape index (κ1) is 13.4. The van der Waals surface area contributed by atoms with E-state index < -0.39 is 6.16 Å². The van der Waals surface area contributed by atoms with Crippen LogP contribution in [0.5, 0.6) is 0 Å². The summed E-state index contributed by atoms with van der Waals surface area (Å²) in [6, 6.07) is 0. The summed E-state index contributed by atoms with van der Waals surface area (Å²) in [6.07, 6.45) is 1.54. The molecule has 15 heavy (non-hydrogen) atoms. The molecule has 1 heterocycles. The lowest BCUT2D eigenvalue weighted by Gasteiger charge is -2.01. The summed E-state index contributed by atoms with van der Waals surface area (Å²) in [4.78, 5) is 30.2. The lowest BCUT2D eigenvalue weighted by atomic mass is 10.0. The number of carbonyl (C=O) groups is 3. The third-order valence-electron chi connectivity index (χ3n) is 1.97. The zero-order chi connectivity index (χ0) is 11.8. The molecule has 0 spiro atoms. The third kappa shape index (κ3) is 6.48. The van der Waals surface area contributed by atoms with Crippen molar-refractivity contribution in [3.63, 3.8) is 0 Å². The standard InChI is InChI=1S/C8H13NO2.CH2O3/c1-2-3-4-6-5-7(10)9-8(6)11;2-1(3)4/h6H,2-5H2,1H3,(H,9,10,11);(H2,2,3,4). The maximum atomic E-state index is 11.0. The molecule has 0 saturated carbocycles. The monoisotopic (exact) mass is 217 g/mol. The van der Waals surface area contributed by atoms with E-state index in [4.69, 9.17) is 15.0 Å². The summed E-state index contributed by atoms with van der Waals surface area (Å²) in [5.74, 6) is -0.234. The molecule has 0 aromatic rings. The zero-order valence-corrected chi connectivity index (χ0v) is 8.52. The van der Waals surface area contributed by atoms with Crippen LogP contribution < -0.4 is 5.32 Å². The van der Waals surface area contributed by atoms with Crippen LogP contribution in [0.25, 0.3) is 0 Å². The number of unbranched alkanes of at least 4 members (excludes halogenated alkanes) is 1. The lowest BCUT2D eigenvalue weighted by Crippen LogP contribution is -2.21. The Morgan fingerprint density at radius 2 is 2.00 bits per heavy atom. The fourth-order valence-corrected chi connectivity index (χ4v) is 1.29. The number of hydrogen-bond donors (Lipinski definition) is 3. The number of amides is 2. The van der Waals surface area contributed by atoms with Gasteiger partial charge in [-0.1, -0.05) is 19.8 Å². The molecule has 1 rings (SSSR count). The molecule has 1 aliphatic heterocycles. The lowest BCUT2D eigenvalue weighted by molar-refractivity contribution is -0.125. The van der Waals surface area contributed by atoms with Gasteiger partial charge in [0.25, 0.3) is 0 Å². The Hall–Kier alpha value is -1.59. The van der Waals surface area contributed by atoms with Gasteiger partial charge in [0.05, 0.1) is 0 Å². The highest BCUT2D eigenvalue weighted by molar-refractivity contribution is 6.03. The predicted molar refractivity (Wildman–Crippen MR) is 51.4 cm³/mol. The molecule has 0 bridgehead atoms. The summed E-state index contributed by atoms with van der Waals surface area (Å²) in [5, 5.41) is 16.2. The average molecular weight is 217 g/mol. The van der Waals surface area contributed by atoms with Crippen molar-refractivity contribution in [1.82, 2.24) is 5.32 Å². The molecular formula is C9H15NO5. The first-order valence-electron chi connectivity index (χ1n) is 4.73. The molecule has 1 aliphatic rings. The Morgan fingerprint density at radius 3 is 2.33 bits per heavy atom. The van der Waals surface area contributed by atoms with Gasteiger partial charge in [0, 0.05) is 12.3 Å². The van der Waals surface area contributed by atoms with Gasteiger partial charge in [0.1, 0.15) is 0 Å². The number of imide groups is 1. The van der Waals surface area contributed by atoms with Crippen LogP contribution in [0.15, 0.2) is 0 Å². The van der Waals surface area contributed by atoms with Crippen LogP contribution in [0.3, 0.4) is 0 Å². The van der Waals surface area contributed by atoms with E-state index in [-0.39, 0.29) is 17.7 Å². The molecule has 2 amide bonds. The minimum Gasteiger partial charge on any atom is -0.450 e. The van der Waals surface area contributed by atoms with Gasteiger partial charge in [0.2, 0.25) is 11.8 Å². The average Bonchev–Trinajstić information content (AvgIpc) is 2.40. The smallest absolute Gasteiger partial charge is 0.450 e. The van der Waals surface area contributed by atoms with Crippen LogP contribution in [-0.2, 0) is 9.59 Å². The van der Waals surface area contributed by atoms with E-state index in [1.807, 2.05) is 0 Å². The van der Waals surface area contributed by atoms with Crippen molar-refractivity contribution in [3.05, 3.63) is 0 Å². The molecule has 6 heteroatoms. The van der Waals surface area contributed by atoms with Crippen molar-refractivity contribution in [2.24, 2.45) is 5.92 Å². The van der Waals surface area contributed by atoms with Crippen LogP contribution in [0.2, 0.25) is 0 Å². The topological polar surface area (TPSA) is 104 Å². The quantitative estimate of drug-likeness (QED) is 0.613. The predicted octanol–water partition coefficient (Wildman–Crippen LogP) is 1.06. The van der Waals surface area contributed by atoms with Gasteiger partial charge in [-0.25, -0.2) is 4.79 Å². The van der Waals surface area contributed by atoms with E-state index in [0.29, 0.717) is 6.42 Å². The van der Waals surface area contributed by atoms with E-state index in [0.717, 1.165) is 19.3 Å². The maximum Gasteiger partial charge on any atom is 0.503 e. The fraction of sp³-hybridized carbons (Fsp3) is 0.667. The molecule has 1 fully saturated rings. The van der Waals surface area contributed by atoms with Gasteiger partial charge in [-0.05, 0) is 6.42 Å². The van der Waals surface area contributed by atoms with Crippen molar-refractivity contribution < 1.29 is 24.6 Å². The first-order chi connectivity index (χ1) is 6.97. The van der Waals surface area contributed by atoms with Crippen molar-refractivity contribution in [3.8, 4) is 0 Å². The number of carboxylic acid groups (broad SMARTS) is 2. The first-order valence-corrected chi connectivity index (χ1v) is 4.73. The summed E-state index contributed by atoms with van der Waals surface area (Å²) < 4.78 is 0. The van der Waals surface area contributed by atoms with Gasteiger partial charge in [-0.15, -0.1) is 0 Å². The Kier molecular flexibility index (Phi) is 6.08. The van der Waals surface area contributed by atoms with E-state index in [1.165, 1.54) is 0 Å². The molecule has 0 radical (unpaired) electrons. The second-order valence-electron chi connectivity index (χ2n) is 3.24. The van der Waals surface area contributed by atoms with Crippen LogP contribution in [0, 0.1) is 5.92 Å². The largest absolute Gasteiger partial charge is 0.503 e. The third-order valence-corrected chi connectivity index (χ3v) is 1.97. The molecule has 0 aromatic heterocycles. The van der Waals surface area contributed by atoms with E-state index in [9.17, 15) is 9.59 Å². The van der Waals surface area contributed by atoms with Crippen molar-refractivity contribution in [1.29, 1.82) is 0 Å². The molecule has 86 valence electrons. The number of carbonyl (C=O) groups excluding carboxylic acids is 2. The zero-order valence-electron chi connectivity index (χ0n) is 8.52. The van der Waals surface area contributed by atoms with Crippen LogP contribution >= 0.6 is 0 Å². The molecule has 6 nitrogen and oxygen atoms in total. The van der Waals surface area contributed by atoms with Crippen LogP contribution in [0.4, 0.5) is 4.79 Å². The number of hydrogen-bond acceptors (Lipinski definition) is 3. The molecule has 1 unspecified atom stereocenters. The molecule has 0 aromatic carbocycles. The molecular weight excluding hydrogens is 202 g/mol. The summed E-state index contributed by atoms with van der Waals surface area (Å²) >= 11 is 0. The van der Waals surface area contributed by atoms with Crippen molar-refractivity contribution in [2.75, 3.05) is 0 Å². The van der Waals surface area contributed by atoms with E-state index in [1.54, 1.807) is 0 Å². The molecule has 1 saturated heterocycles.